The molecular formula is C11H20N2O4S. The zero-order valence-corrected chi connectivity index (χ0v) is 12.0. The molecule has 1 rings (SSSR count). The number of hydrogen-bond donors (Lipinski definition) is 1. The predicted octanol–water partition coefficient (Wildman–Crippen LogP) is -0.596. The minimum Gasteiger partial charge on any atom is -0.345 e. The van der Waals surface area contributed by atoms with Crippen molar-refractivity contribution in [2.24, 2.45) is 5.41 Å². The lowest BCUT2D eigenvalue weighted by atomic mass is 9.84. The molecule has 1 heterocycles. The Labute approximate surface area is 108 Å². The average Bonchev–Trinajstić information content (AvgIpc) is 2.15. The topological polar surface area (TPSA) is 83.6 Å². The Balaban J connectivity index is 2.94. The molecule has 1 aliphatic heterocycles. The van der Waals surface area contributed by atoms with Crippen molar-refractivity contribution in [3.8, 4) is 0 Å². The van der Waals surface area contributed by atoms with E-state index in [4.69, 9.17) is 0 Å². The third-order valence-corrected chi connectivity index (χ3v) is 3.74. The summed E-state index contributed by atoms with van der Waals surface area (Å²) < 4.78 is 22.4. The minimum atomic E-state index is -3.16. The number of rotatable bonds is 3. The third-order valence-electron chi connectivity index (χ3n) is 2.82. The van der Waals surface area contributed by atoms with Crippen LogP contribution >= 0.6 is 0 Å². The zero-order valence-electron chi connectivity index (χ0n) is 11.2. The molecule has 0 saturated carbocycles. The molecule has 104 valence electrons. The van der Waals surface area contributed by atoms with Crippen molar-refractivity contribution in [3.05, 3.63) is 0 Å². The fourth-order valence-corrected chi connectivity index (χ4v) is 2.55. The van der Waals surface area contributed by atoms with Crippen LogP contribution in [0.1, 0.15) is 20.8 Å². The zero-order chi connectivity index (χ0) is 14.1. The SMILES string of the molecule is CC(C)(C)C1C(=O)NCC(=O)N1CCS(C)(=O)=O. The number of carbonyl (C=O) groups excluding carboxylic acids is 2. The largest absolute Gasteiger partial charge is 0.345 e. The van der Waals surface area contributed by atoms with Crippen LogP contribution in [0, 0.1) is 5.41 Å². The lowest BCUT2D eigenvalue weighted by Gasteiger charge is -2.41. The van der Waals surface area contributed by atoms with Gasteiger partial charge in [0.1, 0.15) is 15.9 Å². The molecular weight excluding hydrogens is 256 g/mol. The number of sulfone groups is 1. The van der Waals surface area contributed by atoms with Gasteiger partial charge in [-0.3, -0.25) is 9.59 Å². The predicted molar refractivity (Wildman–Crippen MR) is 67.7 cm³/mol. The molecule has 0 aromatic heterocycles. The first-order valence-electron chi connectivity index (χ1n) is 5.77. The van der Waals surface area contributed by atoms with Gasteiger partial charge < -0.3 is 10.2 Å². The Morgan fingerprint density at radius 3 is 2.33 bits per heavy atom. The van der Waals surface area contributed by atoms with Gasteiger partial charge in [-0.25, -0.2) is 8.42 Å². The Morgan fingerprint density at radius 1 is 1.33 bits per heavy atom. The summed E-state index contributed by atoms with van der Waals surface area (Å²) >= 11 is 0. The van der Waals surface area contributed by atoms with Gasteiger partial charge in [-0.15, -0.1) is 0 Å². The first-order chi connectivity index (χ1) is 8.02. The average molecular weight is 276 g/mol. The Kier molecular flexibility index (Phi) is 4.05. The molecule has 7 heteroatoms. The van der Waals surface area contributed by atoms with Crippen molar-refractivity contribution >= 4 is 21.7 Å². The molecule has 0 bridgehead atoms. The molecule has 1 atom stereocenters. The van der Waals surface area contributed by atoms with Crippen LogP contribution in [0.4, 0.5) is 0 Å². The van der Waals surface area contributed by atoms with Crippen molar-refractivity contribution in [2.45, 2.75) is 26.8 Å². The number of nitrogens with one attached hydrogen (secondary N) is 1. The second-order valence-electron chi connectivity index (χ2n) is 5.70. The van der Waals surface area contributed by atoms with Crippen molar-refractivity contribution < 1.29 is 18.0 Å². The van der Waals surface area contributed by atoms with Gasteiger partial charge >= 0.3 is 0 Å². The monoisotopic (exact) mass is 276 g/mol. The first kappa shape index (κ1) is 14.9. The highest BCUT2D eigenvalue weighted by atomic mass is 32.2. The smallest absolute Gasteiger partial charge is 0.243 e. The lowest BCUT2D eigenvalue weighted by molar-refractivity contribution is -0.149. The highest BCUT2D eigenvalue weighted by molar-refractivity contribution is 7.90. The van der Waals surface area contributed by atoms with Gasteiger partial charge in [-0.2, -0.15) is 0 Å². The Hall–Kier alpha value is -1.11. The molecule has 0 spiro atoms. The highest BCUT2D eigenvalue weighted by Gasteiger charge is 2.41. The maximum atomic E-state index is 11.9. The number of carbonyl (C=O) groups is 2. The van der Waals surface area contributed by atoms with E-state index < -0.39 is 21.3 Å². The molecule has 1 aliphatic rings. The van der Waals surface area contributed by atoms with E-state index >= 15 is 0 Å². The van der Waals surface area contributed by atoms with Crippen molar-refractivity contribution in [1.82, 2.24) is 10.2 Å². The molecule has 2 amide bonds. The standard InChI is InChI=1S/C11H20N2O4S/c1-11(2,3)9-10(15)12-7-8(14)13(9)5-6-18(4,16)17/h9H,5-7H2,1-4H3,(H,12,15). The van der Waals surface area contributed by atoms with Gasteiger partial charge in [0.15, 0.2) is 0 Å². The van der Waals surface area contributed by atoms with Gasteiger partial charge in [-0.1, -0.05) is 20.8 Å². The first-order valence-corrected chi connectivity index (χ1v) is 7.83. The molecule has 1 saturated heterocycles. The summed E-state index contributed by atoms with van der Waals surface area (Å²) in [4.78, 5) is 25.1. The summed E-state index contributed by atoms with van der Waals surface area (Å²) in [6.07, 6.45) is 1.12. The van der Waals surface area contributed by atoms with Crippen LogP contribution in [0.3, 0.4) is 0 Å². The quantitative estimate of drug-likeness (QED) is 0.746. The summed E-state index contributed by atoms with van der Waals surface area (Å²) in [5.74, 6) is -0.590. The van der Waals surface area contributed by atoms with E-state index in [0.29, 0.717) is 0 Å². The van der Waals surface area contributed by atoms with Gasteiger partial charge in [0.2, 0.25) is 11.8 Å². The van der Waals surface area contributed by atoms with Gasteiger partial charge in [0.05, 0.1) is 12.3 Å². The fraction of sp³-hybridized carbons (Fsp3) is 0.818. The molecule has 0 aromatic rings. The molecule has 18 heavy (non-hydrogen) atoms. The molecule has 1 N–H and O–H groups in total. The summed E-state index contributed by atoms with van der Waals surface area (Å²) in [6.45, 7) is 5.55. The Bertz CT molecular complexity index is 450. The number of piperazine rings is 1. The lowest BCUT2D eigenvalue weighted by Crippen LogP contribution is -2.63. The second kappa shape index (κ2) is 4.87. The third kappa shape index (κ3) is 3.69. The summed E-state index contributed by atoms with van der Waals surface area (Å²) in [5, 5.41) is 2.54. The van der Waals surface area contributed by atoms with Crippen LogP contribution in [0.25, 0.3) is 0 Å². The maximum absolute atomic E-state index is 11.9. The van der Waals surface area contributed by atoms with E-state index in [0.717, 1.165) is 6.26 Å². The van der Waals surface area contributed by atoms with Crippen LogP contribution in [-0.2, 0) is 19.4 Å². The summed E-state index contributed by atoms with van der Waals surface area (Å²) in [6, 6.07) is -0.625. The van der Waals surface area contributed by atoms with Crippen molar-refractivity contribution in [3.63, 3.8) is 0 Å². The molecule has 0 radical (unpaired) electrons. The van der Waals surface area contributed by atoms with E-state index in [2.05, 4.69) is 5.32 Å². The number of hydrogen-bond acceptors (Lipinski definition) is 4. The molecule has 1 unspecified atom stereocenters. The van der Waals surface area contributed by atoms with Crippen LogP contribution < -0.4 is 5.32 Å². The van der Waals surface area contributed by atoms with Gasteiger partial charge in [0.25, 0.3) is 0 Å². The van der Waals surface area contributed by atoms with E-state index in [1.807, 2.05) is 20.8 Å². The normalized spacial score (nSPS) is 22.0. The molecule has 0 aliphatic carbocycles. The summed E-state index contributed by atoms with van der Waals surface area (Å²) in [5.41, 5.74) is -0.433. The van der Waals surface area contributed by atoms with E-state index in [9.17, 15) is 18.0 Å². The number of nitrogens with zero attached hydrogens (tertiary/aromatic N) is 1. The van der Waals surface area contributed by atoms with E-state index in [1.54, 1.807) is 0 Å². The minimum absolute atomic E-state index is 0.0603. The second-order valence-corrected chi connectivity index (χ2v) is 7.96. The van der Waals surface area contributed by atoms with Crippen molar-refractivity contribution in [1.29, 1.82) is 0 Å². The van der Waals surface area contributed by atoms with Crippen LogP contribution in [0.2, 0.25) is 0 Å². The highest BCUT2D eigenvalue weighted by Crippen LogP contribution is 2.26. The van der Waals surface area contributed by atoms with Crippen LogP contribution in [0.15, 0.2) is 0 Å². The fourth-order valence-electron chi connectivity index (χ4n) is 2.03. The van der Waals surface area contributed by atoms with Crippen LogP contribution in [0.5, 0.6) is 0 Å². The van der Waals surface area contributed by atoms with E-state index in [-0.39, 0.29) is 30.7 Å². The van der Waals surface area contributed by atoms with Gasteiger partial charge in [-0.05, 0) is 5.41 Å². The molecule has 6 nitrogen and oxygen atoms in total. The summed E-state index contributed by atoms with van der Waals surface area (Å²) in [7, 11) is -3.16. The number of amides is 2. The van der Waals surface area contributed by atoms with Crippen LogP contribution in [-0.4, -0.2) is 56.3 Å². The molecule has 1 fully saturated rings. The Morgan fingerprint density at radius 2 is 1.89 bits per heavy atom. The maximum Gasteiger partial charge on any atom is 0.243 e. The van der Waals surface area contributed by atoms with Crippen molar-refractivity contribution in [2.75, 3.05) is 25.1 Å². The van der Waals surface area contributed by atoms with E-state index in [1.165, 1.54) is 4.90 Å². The van der Waals surface area contributed by atoms with Gasteiger partial charge in [0, 0.05) is 12.8 Å². The molecule has 0 aromatic carbocycles.